The first kappa shape index (κ1) is 14.4. The molecule has 3 nitrogen and oxygen atoms in total. The number of carbonyl (C=O) groups excluding carboxylic acids is 1. The van der Waals surface area contributed by atoms with E-state index < -0.39 is 0 Å². The highest BCUT2D eigenvalue weighted by Gasteiger charge is 2.13. The standard InChI is InChI=1S/C16H16ClNO2/c1-2-11-20-15-10-6-3-7-12(15)16(19)18-14-9-5-4-8-13(14)17/h3-10H,2,11H2,1H3,(H,18,19). The quantitative estimate of drug-likeness (QED) is 0.887. The van der Waals surface area contributed by atoms with Crippen molar-refractivity contribution < 1.29 is 9.53 Å². The number of hydrogen-bond acceptors (Lipinski definition) is 2. The van der Waals surface area contributed by atoms with E-state index >= 15 is 0 Å². The van der Waals surface area contributed by atoms with Crippen molar-refractivity contribution in [2.75, 3.05) is 11.9 Å². The van der Waals surface area contributed by atoms with Gasteiger partial charge in [-0.3, -0.25) is 4.79 Å². The molecule has 0 bridgehead atoms. The zero-order chi connectivity index (χ0) is 14.4. The molecule has 0 heterocycles. The molecule has 2 rings (SSSR count). The summed E-state index contributed by atoms with van der Waals surface area (Å²) in [5, 5.41) is 3.30. The Bertz CT molecular complexity index is 599. The first-order valence-corrected chi connectivity index (χ1v) is 6.88. The smallest absolute Gasteiger partial charge is 0.259 e. The normalized spacial score (nSPS) is 10.1. The summed E-state index contributed by atoms with van der Waals surface area (Å²) in [4.78, 5) is 12.3. The number of carbonyl (C=O) groups is 1. The molecule has 0 fully saturated rings. The molecule has 0 aliphatic carbocycles. The number of ether oxygens (including phenoxy) is 1. The van der Waals surface area contributed by atoms with Crippen LogP contribution in [0.3, 0.4) is 0 Å². The fourth-order valence-corrected chi connectivity index (χ4v) is 1.93. The van der Waals surface area contributed by atoms with Crippen molar-refractivity contribution in [3.05, 3.63) is 59.1 Å². The Morgan fingerprint density at radius 3 is 2.60 bits per heavy atom. The lowest BCUT2D eigenvalue weighted by molar-refractivity contribution is 0.102. The van der Waals surface area contributed by atoms with Crippen molar-refractivity contribution in [2.24, 2.45) is 0 Å². The first-order valence-electron chi connectivity index (χ1n) is 6.50. The van der Waals surface area contributed by atoms with Gasteiger partial charge >= 0.3 is 0 Å². The van der Waals surface area contributed by atoms with Gasteiger partial charge in [-0.15, -0.1) is 0 Å². The Hall–Kier alpha value is -2.00. The molecule has 0 atom stereocenters. The number of nitrogens with one attached hydrogen (secondary N) is 1. The minimum Gasteiger partial charge on any atom is -0.493 e. The van der Waals surface area contributed by atoms with Crippen LogP contribution < -0.4 is 10.1 Å². The predicted molar refractivity (Wildman–Crippen MR) is 81.6 cm³/mol. The average molecular weight is 290 g/mol. The van der Waals surface area contributed by atoms with E-state index in [1.165, 1.54) is 0 Å². The molecule has 1 N–H and O–H groups in total. The van der Waals surface area contributed by atoms with Gasteiger partial charge in [-0.05, 0) is 30.7 Å². The highest BCUT2D eigenvalue weighted by Crippen LogP contribution is 2.24. The van der Waals surface area contributed by atoms with Gasteiger partial charge in [-0.25, -0.2) is 0 Å². The van der Waals surface area contributed by atoms with Gasteiger partial charge in [0.05, 0.1) is 22.9 Å². The monoisotopic (exact) mass is 289 g/mol. The van der Waals surface area contributed by atoms with Crippen molar-refractivity contribution in [3.63, 3.8) is 0 Å². The third-order valence-corrected chi connectivity index (χ3v) is 3.05. The Kier molecular flexibility index (Phi) is 5.02. The maximum atomic E-state index is 12.3. The van der Waals surface area contributed by atoms with Crippen LogP contribution in [0.4, 0.5) is 5.69 Å². The lowest BCUT2D eigenvalue weighted by Gasteiger charge is -2.11. The summed E-state index contributed by atoms with van der Waals surface area (Å²) in [6.45, 7) is 2.60. The molecule has 2 aromatic carbocycles. The largest absolute Gasteiger partial charge is 0.493 e. The lowest BCUT2D eigenvalue weighted by Crippen LogP contribution is -2.14. The molecule has 0 aliphatic heterocycles. The van der Waals surface area contributed by atoms with E-state index in [-0.39, 0.29) is 5.91 Å². The molecule has 20 heavy (non-hydrogen) atoms. The molecule has 104 valence electrons. The van der Waals surface area contributed by atoms with Crippen LogP contribution in [0.1, 0.15) is 23.7 Å². The van der Waals surface area contributed by atoms with Crippen LogP contribution in [0.25, 0.3) is 0 Å². The van der Waals surface area contributed by atoms with Crippen LogP contribution in [0.5, 0.6) is 5.75 Å². The van der Waals surface area contributed by atoms with Crippen LogP contribution in [0, 0.1) is 0 Å². The molecule has 0 radical (unpaired) electrons. The van der Waals surface area contributed by atoms with Crippen LogP contribution in [0.2, 0.25) is 5.02 Å². The summed E-state index contributed by atoms with van der Waals surface area (Å²) in [5.74, 6) is 0.351. The second-order valence-electron chi connectivity index (χ2n) is 4.28. The van der Waals surface area contributed by atoms with E-state index in [4.69, 9.17) is 16.3 Å². The van der Waals surface area contributed by atoms with Crippen molar-refractivity contribution >= 4 is 23.2 Å². The van der Waals surface area contributed by atoms with E-state index in [9.17, 15) is 4.79 Å². The number of para-hydroxylation sites is 2. The van der Waals surface area contributed by atoms with Gasteiger partial charge in [-0.1, -0.05) is 42.8 Å². The number of amides is 1. The molecule has 0 saturated carbocycles. The van der Waals surface area contributed by atoms with Gasteiger partial charge < -0.3 is 10.1 Å². The van der Waals surface area contributed by atoms with E-state index in [0.29, 0.717) is 28.6 Å². The molecular formula is C16H16ClNO2. The summed E-state index contributed by atoms with van der Waals surface area (Å²) in [6.07, 6.45) is 0.889. The first-order chi connectivity index (χ1) is 9.72. The number of rotatable bonds is 5. The molecule has 0 aromatic heterocycles. The van der Waals surface area contributed by atoms with E-state index in [1.807, 2.05) is 25.1 Å². The minimum absolute atomic E-state index is 0.232. The molecule has 2 aromatic rings. The highest BCUT2D eigenvalue weighted by atomic mass is 35.5. The fourth-order valence-electron chi connectivity index (χ4n) is 1.74. The number of halogens is 1. The molecule has 1 amide bonds. The zero-order valence-corrected chi connectivity index (χ0v) is 12.0. The van der Waals surface area contributed by atoms with E-state index in [2.05, 4.69) is 5.32 Å². The molecule has 0 aliphatic rings. The predicted octanol–water partition coefficient (Wildman–Crippen LogP) is 4.38. The van der Waals surface area contributed by atoms with Gasteiger partial charge in [0.1, 0.15) is 5.75 Å². The lowest BCUT2D eigenvalue weighted by atomic mass is 10.2. The highest BCUT2D eigenvalue weighted by molar-refractivity contribution is 6.33. The third-order valence-electron chi connectivity index (χ3n) is 2.72. The zero-order valence-electron chi connectivity index (χ0n) is 11.2. The summed E-state index contributed by atoms with van der Waals surface area (Å²) >= 11 is 6.03. The maximum Gasteiger partial charge on any atom is 0.259 e. The SMILES string of the molecule is CCCOc1ccccc1C(=O)Nc1ccccc1Cl. The van der Waals surface area contributed by atoms with Crippen molar-refractivity contribution in [2.45, 2.75) is 13.3 Å². The Morgan fingerprint density at radius 2 is 1.85 bits per heavy atom. The number of anilines is 1. The van der Waals surface area contributed by atoms with Crippen LogP contribution in [0.15, 0.2) is 48.5 Å². The topological polar surface area (TPSA) is 38.3 Å². The fraction of sp³-hybridized carbons (Fsp3) is 0.188. The number of benzene rings is 2. The van der Waals surface area contributed by atoms with Gasteiger partial charge in [0, 0.05) is 0 Å². The average Bonchev–Trinajstić information content (AvgIpc) is 2.47. The summed E-state index contributed by atoms with van der Waals surface area (Å²) in [6, 6.07) is 14.3. The van der Waals surface area contributed by atoms with Crippen LogP contribution in [-0.2, 0) is 0 Å². The summed E-state index contributed by atoms with van der Waals surface area (Å²) < 4.78 is 5.58. The molecular weight excluding hydrogens is 274 g/mol. The Labute approximate surface area is 123 Å². The van der Waals surface area contributed by atoms with Crippen molar-refractivity contribution in [3.8, 4) is 5.75 Å². The summed E-state index contributed by atoms with van der Waals surface area (Å²) in [5.41, 5.74) is 1.09. The van der Waals surface area contributed by atoms with Crippen LogP contribution >= 0.6 is 11.6 Å². The molecule has 0 unspecified atom stereocenters. The number of hydrogen-bond donors (Lipinski definition) is 1. The van der Waals surface area contributed by atoms with Crippen molar-refractivity contribution in [1.29, 1.82) is 0 Å². The summed E-state index contributed by atoms with van der Waals surface area (Å²) in [7, 11) is 0. The second-order valence-corrected chi connectivity index (χ2v) is 4.69. The molecule has 0 saturated heterocycles. The van der Waals surface area contributed by atoms with Gasteiger partial charge in [0.2, 0.25) is 0 Å². The molecule has 4 heteroatoms. The van der Waals surface area contributed by atoms with Gasteiger partial charge in [-0.2, -0.15) is 0 Å². The maximum absolute atomic E-state index is 12.3. The van der Waals surface area contributed by atoms with Gasteiger partial charge in [0.25, 0.3) is 5.91 Å². The Balaban J connectivity index is 2.19. The Morgan fingerprint density at radius 1 is 1.15 bits per heavy atom. The minimum atomic E-state index is -0.232. The third kappa shape index (κ3) is 3.52. The van der Waals surface area contributed by atoms with Gasteiger partial charge in [0.15, 0.2) is 0 Å². The van der Waals surface area contributed by atoms with E-state index in [0.717, 1.165) is 6.42 Å². The molecule has 0 spiro atoms. The van der Waals surface area contributed by atoms with Crippen molar-refractivity contribution in [1.82, 2.24) is 0 Å². The van der Waals surface area contributed by atoms with E-state index in [1.54, 1.807) is 30.3 Å². The second kappa shape index (κ2) is 6.96. The van der Waals surface area contributed by atoms with Crippen LogP contribution in [-0.4, -0.2) is 12.5 Å².